The molecule has 2 rings (SSSR count). The number of carbonyl (C=O) groups excluding carboxylic acids is 2. The number of hydrogen-bond acceptors (Lipinski definition) is 5. The molecule has 1 N–H and O–H groups in total. The van der Waals surface area contributed by atoms with Crippen LogP contribution >= 0.6 is 11.6 Å². The summed E-state index contributed by atoms with van der Waals surface area (Å²) in [7, 11) is -3.61. The molecule has 0 heterocycles. The zero-order valence-electron chi connectivity index (χ0n) is 15.5. The van der Waals surface area contributed by atoms with Gasteiger partial charge in [-0.3, -0.25) is 4.79 Å². The van der Waals surface area contributed by atoms with Crippen LogP contribution in [0.15, 0.2) is 48.5 Å². The monoisotopic (exact) mass is 424 g/mol. The van der Waals surface area contributed by atoms with Gasteiger partial charge in [0.15, 0.2) is 0 Å². The van der Waals surface area contributed by atoms with E-state index < -0.39 is 21.9 Å². The van der Waals surface area contributed by atoms with Gasteiger partial charge in [-0.1, -0.05) is 23.7 Å². The molecular formula is C19H21ClN2O5S. The molecular weight excluding hydrogens is 404 g/mol. The SMILES string of the molecule is CCOC(=O)c1ccc(NC(=O)CN(Cc2ccc(Cl)cc2)S(C)(=O)=O)cc1. The molecule has 7 nitrogen and oxygen atoms in total. The van der Waals surface area contributed by atoms with Gasteiger partial charge in [0.05, 0.1) is 25.0 Å². The van der Waals surface area contributed by atoms with Gasteiger partial charge in [-0.25, -0.2) is 13.2 Å². The van der Waals surface area contributed by atoms with Crippen LogP contribution in [0.5, 0.6) is 0 Å². The van der Waals surface area contributed by atoms with E-state index in [1.807, 2.05) is 0 Å². The molecule has 0 radical (unpaired) electrons. The summed E-state index contributed by atoms with van der Waals surface area (Å²) in [4.78, 5) is 23.9. The fourth-order valence-electron chi connectivity index (χ4n) is 2.35. The predicted molar refractivity (Wildman–Crippen MR) is 108 cm³/mol. The lowest BCUT2D eigenvalue weighted by atomic mass is 10.2. The number of halogens is 1. The van der Waals surface area contributed by atoms with E-state index in [1.54, 1.807) is 43.3 Å². The topological polar surface area (TPSA) is 92.8 Å². The number of rotatable bonds is 8. The van der Waals surface area contributed by atoms with Crippen LogP contribution in [0.3, 0.4) is 0 Å². The summed E-state index contributed by atoms with van der Waals surface area (Å²) in [6.45, 7) is 1.68. The summed E-state index contributed by atoms with van der Waals surface area (Å²) in [5.41, 5.74) is 1.51. The molecule has 0 saturated carbocycles. The minimum absolute atomic E-state index is 0.0468. The van der Waals surface area contributed by atoms with Gasteiger partial charge in [-0.15, -0.1) is 0 Å². The van der Waals surface area contributed by atoms with E-state index >= 15 is 0 Å². The van der Waals surface area contributed by atoms with Crippen molar-refractivity contribution in [3.05, 3.63) is 64.7 Å². The lowest BCUT2D eigenvalue weighted by molar-refractivity contribution is -0.116. The number of nitrogens with zero attached hydrogens (tertiary/aromatic N) is 1. The Labute approximate surface area is 169 Å². The third-order valence-corrected chi connectivity index (χ3v) is 5.19. The molecule has 0 spiro atoms. The van der Waals surface area contributed by atoms with Gasteiger partial charge in [-0.05, 0) is 48.9 Å². The zero-order valence-corrected chi connectivity index (χ0v) is 17.1. The zero-order chi connectivity index (χ0) is 20.7. The standard InChI is InChI=1S/C19H21ClN2O5S/c1-3-27-19(24)15-6-10-17(11-7-15)21-18(23)13-22(28(2,25)26)12-14-4-8-16(20)9-5-14/h4-11H,3,12-13H2,1-2H3,(H,21,23). The molecule has 150 valence electrons. The van der Waals surface area contributed by atoms with Crippen molar-refractivity contribution in [1.29, 1.82) is 0 Å². The number of nitrogens with one attached hydrogen (secondary N) is 1. The summed E-state index contributed by atoms with van der Waals surface area (Å²) in [5.74, 6) is -0.949. The maximum absolute atomic E-state index is 12.3. The van der Waals surface area contributed by atoms with Crippen LogP contribution in [0.25, 0.3) is 0 Å². The molecule has 1 amide bonds. The average molecular weight is 425 g/mol. The maximum Gasteiger partial charge on any atom is 0.338 e. The Bertz CT molecular complexity index is 928. The molecule has 0 bridgehead atoms. The molecule has 0 fully saturated rings. The summed E-state index contributed by atoms with van der Waals surface area (Å²) in [5, 5.41) is 3.16. The highest BCUT2D eigenvalue weighted by molar-refractivity contribution is 7.88. The fourth-order valence-corrected chi connectivity index (χ4v) is 3.21. The number of anilines is 1. The second-order valence-electron chi connectivity index (χ2n) is 6.00. The van der Waals surface area contributed by atoms with Crippen molar-refractivity contribution in [1.82, 2.24) is 4.31 Å². The summed E-state index contributed by atoms with van der Waals surface area (Å²) < 4.78 is 30.0. The Morgan fingerprint density at radius 3 is 2.21 bits per heavy atom. The van der Waals surface area contributed by atoms with Crippen molar-refractivity contribution in [2.24, 2.45) is 0 Å². The minimum Gasteiger partial charge on any atom is -0.462 e. The van der Waals surface area contributed by atoms with Gasteiger partial charge in [0.2, 0.25) is 15.9 Å². The van der Waals surface area contributed by atoms with Crippen LogP contribution in [0, 0.1) is 0 Å². The molecule has 0 aromatic heterocycles. The van der Waals surface area contributed by atoms with E-state index in [4.69, 9.17) is 16.3 Å². The highest BCUT2D eigenvalue weighted by Crippen LogP contribution is 2.14. The summed E-state index contributed by atoms with van der Waals surface area (Å²) in [6, 6.07) is 12.9. The lowest BCUT2D eigenvalue weighted by Gasteiger charge is -2.19. The maximum atomic E-state index is 12.3. The first-order valence-electron chi connectivity index (χ1n) is 8.45. The number of sulfonamides is 1. The first kappa shape index (κ1) is 21.9. The average Bonchev–Trinajstić information content (AvgIpc) is 2.63. The molecule has 0 atom stereocenters. The molecule has 2 aromatic rings. The van der Waals surface area contributed by atoms with Gasteiger partial charge in [0, 0.05) is 17.3 Å². The lowest BCUT2D eigenvalue weighted by Crippen LogP contribution is -2.36. The van der Waals surface area contributed by atoms with E-state index in [2.05, 4.69) is 5.32 Å². The summed E-state index contributed by atoms with van der Waals surface area (Å²) in [6.07, 6.45) is 1.05. The highest BCUT2D eigenvalue weighted by atomic mass is 35.5. The van der Waals surface area contributed by atoms with Crippen LogP contribution in [0.1, 0.15) is 22.8 Å². The van der Waals surface area contributed by atoms with Crippen molar-refractivity contribution < 1.29 is 22.7 Å². The normalized spacial score (nSPS) is 11.3. The van der Waals surface area contributed by atoms with Crippen LogP contribution in [-0.2, 0) is 26.1 Å². The Morgan fingerprint density at radius 1 is 1.07 bits per heavy atom. The Kier molecular flexibility index (Phi) is 7.56. The fraction of sp³-hybridized carbons (Fsp3) is 0.263. The number of esters is 1. The van der Waals surface area contributed by atoms with Crippen molar-refractivity contribution >= 4 is 39.2 Å². The Morgan fingerprint density at radius 2 is 1.68 bits per heavy atom. The van der Waals surface area contributed by atoms with Gasteiger partial charge < -0.3 is 10.1 Å². The van der Waals surface area contributed by atoms with Crippen molar-refractivity contribution in [3.63, 3.8) is 0 Å². The number of hydrogen-bond donors (Lipinski definition) is 1. The van der Waals surface area contributed by atoms with Crippen molar-refractivity contribution in [2.45, 2.75) is 13.5 Å². The second kappa shape index (κ2) is 9.68. The van der Waals surface area contributed by atoms with E-state index in [9.17, 15) is 18.0 Å². The molecule has 2 aromatic carbocycles. The first-order valence-corrected chi connectivity index (χ1v) is 10.7. The summed E-state index contributed by atoms with van der Waals surface area (Å²) >= 11 is 5.84. The highest BCUT2D eigenvalue weighted by Gasteiger charge is 2.20. The van der Waals surface area contributed by atoms with Crippen LogP contribution in [-0.4, -0.2) is 44.0 Å². The Hall–Kier alpha value is -2.42. The predicted octanol–water partition coefficient (Wildman–Crippen LogP) is 2.92. The van der Waals surface area contributed by atoms with E-state index in [1.165, 1.54) is 12.1 Å². The van der Waals surface area contributed by atoms with Gasteiger partial charge in [-0.2, -0.15) is 4.31 Å². The van der Waals surface area contributed by atoms with E-state index in [0.717, 1.165) is 10.6 Å². The molecule has 0 saturated heterocycles. The van der Waals surface area contributed by atoms with Gasteiger partial charge >= 0.3 is 5.97 Å². The molecule has 0 unspecified atom stereocenters. The van der Waals surface area contributed by atoms with Gasteiger partial charge in [0.1, 0.15) is 0 Å². The molecule has 0 aliphatic rings. The largest absolute Gasteiger partial charge is 0.462 e. The first-order chi connectivity index (χ1) is 13.2. The number of benzene rings is 2. The second-order valence-corrected chi connectivity index (χ2v) is 8.42. The molecule has 0 aliphatic carbocycles. The van der Waals surface area contributed by atoms with Crippen molar-refractivity contribution in [2.75, 3.05) is 24.7 Å². The minimum atomic E-state index is -3.61. The smallest absolute Gasteiger partial charge is 0.338 e. The third-order valence-electron chi connectivity index (χ3n) is 3.74. The van der Waals surface area contributed by atoms with Crippen LogP contribution < -0.4 is 5.32 Å². The number of carbonyl (C=O) groups is 2. The molecule has 0 aliphatic heterocycles. The van der Waals surface area contributed by atoms with Crippen LogP contribution in [0.4, 0.5) is 5.69 Å². The number of ether oxygens (including phenoxy) is 1. The third kappa shape index (κ3) is 6.63. The molecule has 9 heteroatoms. The van der Waals surface area contributed by atoms with E-state index in [0.29, 0.717) is 21.8 Å². The van der Waals surface area contributed by atoms with Gasteiger partial charge in [0.25, 0.3) is 0 Å². The quantitative estimate of drug-likeness (QED) is 0.657. The van der Waals surface area contributed by atoms with E-state index in [-0.39, 0.29) is 19.7 Å². The number of amides is 1. The molecule has 28 heavy (non-hydrogen) atoms. The van der Waals surface area contributed by atoms with Crippen LogP contribution in [0.2, 0.25) is 5.02 Å². The van der Waals surface area contributed by atoms with Crippen molar-refractivity contribution in [3.8, 4) is 0 Å². The Balaban J connectivity index is 2.03.